The second kappa shape index (κ2) is 3.85. The Morgan fingerprint density at radius 2 is 2.23 bits per heavy atom. The van der Waals surface area contributed by atoms with Gasteiger partial charge in [0.2, 0.25) is 0 Å². The Bertz CT molecular complexity index is 369. The minimum absolute atomic E-state index is 0.456. The maximum Gasteiger partial charge on any atom is 0.0826 e. The van der Waals surface area contributed by atoms with Crippen molar-refractivity contribution >= 4 is 22.9 Å². The summed E-state index contributed by atoms with van der Waals surface area (Å²) in [6.45, 7) is 0. The zero-order valence-corrected chi connectivity index (χ0v) is 8.35. The van der Waals surface area contributed by atoms with Gasteiger partial charge in [-0.3, -0.25) is 4.98 Å². The highest BCUT2D eigenvalue weighted by Crippen LogP contribution is 2.18. The van der Waals surface area contributed by atoms with Crippen molar-refractivity contribution in [2.45, 2.75) is 5.88 Å². The van der Waals surface area contributed by atoms with Crippen molar-refractivity contribution in [2.24, 2.45) is 0 Å². The molecule has 0 amide bonds. The van der Waals surface area contributed by atoms with Crippen LogP contribution in [-0.2, 0) is 5.88 Å². The molecule has 0 radical (unpaired) electrons. The lowest BCUT2D eigenvalue weighted by Crippen LogP contribution is -1.85. The van der Waals surface area contributed by atoms with Crippen LogP contribution in [0.15, 0.2) is 29.2 Å². The van der Waals surface area contributed by atoms with Gasteiger partial charge in [-0.15, -0.1) is 22.9 Å². The number of pyridine rings is 1. The van der Waals surface area contributed by atoms with Crippen LogP contribution in [0.1, 0.15) is 5.69 Å². The fraction of sp³-hybridized carbons (Fsp3) is 0.111. The predicted molar refractivity (Wildman–Crippen MR) is 54.9 cm³/mol. The minimum atomic E-state index is 0.456. The van der Waals surface area contributed by atoms with Crippen LogP contribution in [0, 0.1) is 0 Å². The zero-order chi connectivity index (χ0) is 9.10. The normalized spacial score (nSPS) is 10.2. The quantitative estimate of drug-likeness (QED) is 0.713. The molecular formula is C9H7ClN2S. The van der Waals surface area contributed by atoms with Crippen LogP contribution in [-0.4, -0.2) is 9.97 Å². The maximum absolute atomic E-state index is 5.63. The Labute approximate surface area is 85.2 Å². The first-order valence-electron chi connectivity index (χ1n) is 3.79. The number of rotatable bonds is 2. The Hall–Kier alpha value is -0.930. The number of thiazole rings is 1. The first-order valence-corrected chi connectivity index (χ1v) is 5.27. The molecule has 0 atom stereocenters. The predicted octanol–water partition coefficient (Wildman–Crippen LogP) is 2.94. The molecule has 2 aromatic rings. The molecule has 0 saturated heterocycles. The molecule has 2 nitrogen and oxygen atoms in total. The van der Waals surface area contributed by atoms with E-state index in [1.165, 1.54) is 0 Å². The molecular weight excluding hydrogens is 204 g/mol. The van der Waals surface area contributed by atoms with E-state index in [1.54, 1.807) is 17.5 Å². The van der Waals surface area contributed by atoms with E-state index in [2.05, 4.69) is 9.97 Å². The van der Waals surface area contributed by atoms with E-state index < -0.39 is 0 Å². The number of hydrogen-bond acceptors (Lipinski definition) is 3. The van der Waals surface area contributed by atoms with Crippen molar-refractivity contribution in [1.29, 1.82) is 0 Å². The second-order valence-electron chi connectivity index (χ2n) is 2.55. The zero-order valence-electron chi connectivity index (χ0n) is 6.77. The van der Waals surface area contributed by atoms with Gasteiger partial charge < -0.3 is 0 Å². The van der Waals surface area contributed by atoms with E-state index in [1.807, 2.05) is 23.0 Å². The van der Waals surface area contributed by atoms with Crippen molar-refractivity contribution < 1.29 is 0 Å². The Morgan fingerprint density at radius 3 is 2.77 bits per heavy atom. The molecule has 0 aliphatic carbocycles. The summed E-state index contributed by atoms with van der Waals surface area (Å²) in [6.07, 6.45) is 1.80. The molecule has 0 aliphatic heterocycles. The van der Waals surface area contributed by atoms with Crippen LogP contribution in [0.2, 0.25) is 0 Å². The monoisotopic (exact) mass is 210 g/mol. The summed E-state index contributed by atoms with van der Waals surface area (Å²) < 4.78 is 0. The van der Waals surface area contributed by atoms with Gasteiger partial charge in [-0.05, 0) is 12.1 Å². The highest BCUT2D eigenvalue weighted by molar-refractivity contribution is 7.07. The SMILES string of the molecule is ClCc1ccc(-c2cscn2)cn1. The summed E-state index contributed by atoms with van der Waals surface area (Å²) in [5, 5.41) is 2.00. The second-order valence-corrected chi connectivity index (χ2v) is 3.53. The van der Waals surface area contributed by atoms with Gasteiger partial charge in [0.25, 0.3) is 0 Å². The Balaban J connectivity index is 2.33. The van der Waals surface area contributed by atoms with Gasteiger partial charge in [-0.2, -0.15) is 0 Å². The molecule has 0 N–H and O–H groups in total. The molecule has 0 saturated carbocycles. The smallest absolute Gasteiger partial charge is 0.0826 e. The van der Waals surface area contributed by atoms with Gasteiger partial charge in [0.1, 0.15) is 0 Å². The molecule has 0 bridgehead atoms. The summed E-state index contributed by atoms with van der Waals surface area (Å²) in [4.78, 5) is 8.37. The van der Waals surface area contributed by atoms with Crippen molar-refractivity contribution in [3.8, 4) is 11.3 Å². The van der Waals surface area contributed by atoms with E-state index in [0.29, 0.717) is 5.88 Å². The third-order valence-electron chi connectivity index (χ3n) is 1.69. The highest BCUT2D eigenvalue weighted by Gasteiger charge is 1.99. The largest absolute Gasteiger partial charge is 0.259 e. The van der Waals surface area contributed by atoms with Gasteiger partial charge in [-0.25, -0.2) is 4.98 Å². The van der Waals surface area contributed by atoms with Gasteiger partial charge >= 0.3 is 0 Å². The van der Waals surface area contributed by atoms with E-state index in [4.69, 9.17) is 11.6 Å². The summed E-state index contributed by atoms with van der Waals surface area (Å²) in [5.41, 5.74) is 4.71. The molecule has 0 aromatic carbocycles. The average Bonchev–Trinajstić information content (AvgIpc) is 2.71. The number of halogens is 1. The molecule has 2 aromatic heterocycles. The summed E-state index contributed by atoms with van der Waals surface area (Å²) in [5.74, 6) is 0.456. The third-order valence-corrected chi connectivity index (χ3v) is 2.55. The van der Waals surface area contributed by atoms with Crippen LogP contribution >= 0.6 is 22.9 Å². The lowest BCUT2D eigenvalue weighted by Gasteiger charge is -1.96. The molecule has 4 heteroatoms. The van der Waals surface area contributed by atoms with Crippen LogP contribution in [0.4, 0.5) is 0 Å². The maximum atomic E-state index is 5.63. The lowest BCUT2D eigenvalue weighted by atomic mass is 10.2. The molecule has 2 heterocycles. The van der Waals surface area contributed by atoms with E-state index in [-0.39, 0.29) is 0 Å². The van der Waals surface area contributed by atoms with Crippen molar-refractivity contribution in [3.05, 3.63) is 34.9 Å². The standard InChI is InChI=1S/C9H7ClN2S/c10-3-8-2-1-7(4-11-8)9-5-13-6-12-9/h1-2,4-6H,3H2. The molecule has 0 unspecified atom stereocenters. The highest BCUT2D eigenvalue weighted by atomic mass is 35.5. The molecule has 0 aliphatic rings. The van der Waals surface area contributed by atoms with E-state index in [0.717, 1.165) is 17.0 Å². The van der Waals surface area contributed by atoms with Crippen LogP contribution in [0.25, 0.3) is 11.3 Å². The van der Waals surface area contributed by atoms with Crippen LogP contribution in [0.5, 0.6) is 0 Å². The van der Waals surface area contributed by atoms with Crippen molar-refractivity contribution in [1.82, 2.24) is 9.97 Å². The summed E-state index contributed by atoms with van der Waals surface area (Å²) in [7, 11) is 0. The molecule has 2 rings (SSSR count). The summed E-state index contributed by atoms with van der Waals surface area (Å²) in [6, 6.07) is 3.90. The number of aromatic nitrogens is 2. The minimum Gasteiger partial charge on any atom is -0.259 e. The first-order chi connectivity index (χ1) is 6.40. The van der Waals surface area contributed by atoms with Crippen LogP contribution in [0.3, 0.4) is 0 Å². The molecule has 0 spiro atoms. The van der Waals surface area contributed by atoms with Gasteiger partial charge in [-0.1, -0.05) is 0 Å². The molecule has 13 heavy (non-hydrogen) atoms. The number of nitrogens with zero attached hydrogens (tertiary/aromatic N) is 2. The molecule has 66 valence electrons. The van der Waals surface area contributed by atoms with E-state index in [9.17, 15) is 0 Å². The third kappa shape index (κ3) is 1.87. The lowest BCUT2D eigenvalue weighted by molar-refractivity contribution is 1.17. The van der Waals surface area contributed by atoms with E-state index >= 15 is 0 Å². The average molecular weight is 211 g/mol. The Morgan fingerprint density at radius 1 is 1.31 bits per heavy atom. The number of hydrogen-bond donors (Lipinski definition) is 0. The fourth-order valence-electron chi connectivity index (χ4n) is 1.01. The Kier molecular flexibility index (Phi) is 2.57. The van der Waals surface area contributed by atoms with Crippen molar-refractivity contribution in [3.63, 3.8) is 0 Å². The molecule has 0 fully saturated rings. The topological polar surface area (TPSA) is 25.8 Å². The summed E-state index contributed by atoms with van der Waals surface area (Å²) >= 11 is 7.21. The van der Waals surface area contributed by atoms with Gasteiger partial charge in [0.15, 0.2) is 0 Å². The fourth-order valence-corrected chi connectivity index (χ4v) is 1.73. The van der Waals surface area contributed by atoms with Gasteiger partial charge in [0, 0.05) is 17.1 Å². The first kappa shape index (κ1) is 8.66. The van der Waals surface area contributed by atoms with Gasteiger partial charge in [0.05, 0.1) is 22.8 Å². The van der Waals surface area contributed by atoms with Crippen LogP contribution < -0.4 is 0 Å². The van der Waals surface area contributed by atoms with Crippen molar-refractivity contribution in [2.75, 3.05) is 0 Å². The number of alkyl halides is 1.